The molecule has 1 heterocycles. The fourth-order valence-corrected chi connectivity index (χ4v) is 2.67. The second-order valence-electron chi connectivity index (χ2n) is 5.48. The summed E-state index contributed by atoms with van der Waals surface area (Å²) in [5, 5.41) is 4.14. The van der Waals surface area contributed by atoms with Crippen molar-refractivity contribution < 1.29 is 4.74 Å². The molecule has 24 heavy (non-hydrogen) atoms. The van der Waals surface area contributed by atoms with Crippen LogP contribution >= 0.6 is 11.6 Å². The van der Waals surface area contributed by atoms with Crippen LogP contribution < -0.4 is 10.1 Å². The number of hydrogen-bond acceptors (Lipinski definition) is 3. The molecule has 132 valence electrons. The van der Waals surface area contributed by atoms with Crippen molar-refractivity contribution in [2.24, 2.45) is 0 Å². The van der Waals surface area contributed by atoms with Gasteiger partial charge < -0.3 is 10.1 Å². The molecule has 0 aliphatic carbocycles. The van der Waals surface area contributed by atoms with Gasteiger partial charge in [0.2, 0.25) is 0 Å². The standard InChI is InChI=1S/C18H23ClN2O.C2H6/c1-4-15-6-5-14(9-18(15)19)8-16(20-3)12-22-17-7-13(2)10-21-11-17;1-2/h5-7,9-11,16,20H,4,8,12H2,1-3H3;1-2H3. The molecular weight excluding hydrogens is 320 g/mol. The van der Waals surface area contributed by atoms with Crippen LogP contribution in [-0.4, -0.2) is 24.7 Å². The van der Waals surface area contributed by atoms with Crippen molar-refractivity contribution in [1.29, 1.82) is 0 Å². The molecule has 0 saturated heterocycles. The first kappa shape index (κ1) is 20.5. The van der Waals surface area contributed by atoms with Crippen molar-refractivity contribution in [1.82, 2.24) is 10.3 Å². The maximum atomic E-state index is 6.29. The van der Waals surface area contributed by atoms with Crippen LogP contribution in [-0.2, 0) is 12.8 Å². The minimum absolute atomic E-state index is 0.226. The summed E-state index contributed by atoms with van der Waals surface area (Å²) in [7, 11) is 1.95. The maximum Gasteiger partial charge on any atom is 0.137 e. The number of pyridine rings is 1. The van der Waals surface area contributed by atoms with Crippen LogP contribution in [0.25, 0.3) is 0 Å². The molecule has 0 saturated carbocycles. The first-order valence-electron chi connectivity index (χ1n) is 8.61. The van der Waals surface area contributed by atoms with E-state index in [2.05, 4.69) is 35.4 Å². The van der Waals surface area contributed by atoms with Gasteiger partial charge in [-0.05, 0) is 55.6 Å². The molecule has 1 N–H and O–H groups in total. The molecule has 1 unspecified atom stereocenters. The summed E-state index contributed by atoms with van der Waals surface area (Å²) in [6.07, 6.45) is 5.39. The first-order valence-corrected chi connectivity index (χ1v) is 8.99. The van der Waals surface area contributed by atoms with E-state index in [9.17, 15) is 0 Å². The van der Waals surface area contributed by atoms with Crippen LogP contribution in [0.2, 0.25) is 5.02 Å². The highest BCUT2D eigenvalue weighted by Crippen LogP contribution is 2.19. The van der Waals surface area contributed by atoms with Crippen molar-refractivity contribution in [3.63, 3.8) is 0 Å². The highest BCUT2D eigenvalue weighted by molar-refractivity contribution is 6.31. The lowest BCUT2D eigenvalue weighted by Crippen LogP contribution is -2.33. The lowest BCUT2D eigenvalue weighted by molar-refractivity contribution is 0.268. The molecule has 0 bridgehead atoms. The predicted octanol–water partition coefficient (Wildman–Crippen LogP) is 4.84. The number of rotatable bonds is 7. The SMILES string of the molecule is CC.CCc1ccc(CC(COc2cncc(C)c2)NC)cc1Cl. The molecule has 2 rings (SSSR count). The molecule has 0 aliphatic rings. The molecule has 0 spiro atoms. The Hall–Kier alpha value is -1.58. The van der Waals surface area contributed by atoms with Gasteiger partial charge in [-0.1, -0.05) is 44.5 Å². The summed E-state index contributed by atoms with van der Waals surface area (Å²) < 4.78 is 5.83. The minimum Gasteiger partial charge on any atom is -0.490 e. The van der Waals surface area contributed by atoms with Crippen LogP contribution in [0.4, 0.5) is 0 Å². The van der Waals surface area contributed by atoms with Crippen LogP contribution in [0.5, 0.6) is 5.75 Å². The molecule has 4 heteroatoms. The van der Waals surface area contributed by atoms with Gasteiger partial charge in [0.15, 0.2) is 0 Å². The summed E-state index contributed by atoms with van der Waals surface area (Å²) in [5.74, 6) is 0.805. The van der Waals surface area contributed by atoms with Crippen LogP contribution in [0, 0.1) is 6.92 Å². The van der Waals surface area contributed by atoms with Gasteiger partial charge in [0, 0.05) is 17.3 Å². The molecule has 0 amide bonds. The Balaban J connectivity index is 0.00000139. The highest BCUT2D eigenvalue weighted by Gasteiger charge is 2.10. The van der Waals surface area contributed by atoms with Gasteiger partial charge in [-0.25, -0.2) is 0 Å². The molecule has 0 radical (unpaired) electrons. The summed E-state index contributed by atoms with van der Waals surface area (Å²) in [6, 6.07) is 8.52. The average molecular weight is 349 g/mol. The number of ether oxygens (including phenoxy) is 1. The number of benzene rings is 1. The predicted molar refractivity (Wildman–Crippen MR) is 103 cm³/mol. The third-order valence-corrected chi connectivity index (χ3v) is 4.04. The fourth-order valence-electron chi connectivity index (χ4n) is 2.34. The van der Waals surface area contributed by atoms with Crippen LogP contribution in [0.15, 0.2) is 36.7 Å². The second-order valence-corrected chi connectivity index (χ2v) is 5.89. The van der Waals surface area contributed by atoms with Crippen molar-refractivity contribution >= 4 is 11.6 Å². The monoisotopic (exact) mass is 348 g/mol. The first-order chi connectivity index (χ1) is 11.6. The molecular formula is C20H29ClN2O. The zero-order valence-corrected chi connectivity index (χ0v) is 16.2. The van der Waals surface area contributed by atoms with E-state index in [4.69, 9.17) is 16.3 Å². The van der Waals surface area contributed by atoms with Gasteiger partial charge in [0.25, 0.3) is 0 Å². The Kier molecular flexibility index (Phi) is 9.43. The van der Waals surface area contributed by atoms with E-state index in [1.165, 1.54) is 11.1 Å². The summed E-state index contributed by atoms with van der Waals surface area (Å²) >= 11 is 6.29. The van der Waals surface area contributed by atoms with E-state index in [0.29, 0.717) is 6.61 Å². The zero-order valence-electron chi connectivity index (χ0n) is 15.4. The number of aromatic nitrogens is 1. The lowest BCUT2D eigenvalue weighted by atomic mass is 10.0. The van der Waals surface area contributed by atoms with E-state index in [0.717, 1.165) is 29.2 Å². The highest BCUT2D eigenvalue weighted by atomic mass is 35.5. The fraction of sp³-hybridized carbons (Fsp3) is 0.450. The van der Waals surface area contributed by atoms with Crippen LogP contribution in [0.1, 0.15) is 37.5 Å². The summed E-state index contributed by atoms with van der Waals surface area (Å²) in [5.41, 5.74) is 3.50. The molecule has 1 atom stereocenters. The summed E-state index contributed by atoms with van der Waals surface area (Å²) in [4.78, 5) is 4.14. The van der Waals surface area contributed by atoms with E-state index >= 15 is 0 Å². The lowest BCUT2D eigenvalue weighted by Gasteiger charge is -2.17. The maximum absolute atomic E-state index is 6.29. The Morgan fingerprint density at radius 2 is 1.96 bits per heavy atom. The van der Waals surface area contributed by atoms with E-state index in [-0.39, 0.29) is 6.04 Å². The smallest absolute Gasteiger partial charge is 0.137 e. The largest absolute Gasteiger partial charge is 0.490 e. The number of aryl methyl sites for hydroxylation is 2. The molecule has 3 nitrogen and oxygen atoms in total. The van der Waals surface area contributed by atoms with E-state index in [1.807, 2.05) is 40.1 Å². The number of halogens is 1. The van der Waals surface area contributed by atoms with Crippen molar-refractivity contribution in [3.8, 4) is 5.75 Å². The zero-order chi connectivity index (χ0) is 17.9. The van der Waals surface area contributed by atoms with Crippen molar-refractivity contribution in [2.45, 2.75) is 46.6 Å². The normalized spacial score (nSPS) is 11.4. The third kappa shape index (κ3) is 6.50. The molecule has 1 aromatic heterocycles. The third-order valence-electron chi connectivity index (χ3n) is 3.69. The molecule has 2 aromatic rings. The second kappa shape index (κ2) is 11.1. The molecule has 0 aliphatic heterocycles. The topological polar surface area (TPSA) is 34.1 Å². The Bertz CT molecular complexity index is 616. The Morgan fingerprint density at radius 3 is 2.54 bits per heavy atom. The van der Waals surface area contributed by atoms with Gasteiger partial charge in [0.1, 0.15) is 12.4 Å². The number of hydrogen-bond donors (Lipinski definition) is 1. The van der Waals surface area contributed by atoms with Gasteiger partial charge in [-0.2, -0.15) is 0 Å². The quantitative estimate of drug-likeness (QED) is 0.777. The van der Waals surface area contributed by atoms with E-state index < -0.39 is 0 Å². The molecule has 1 aromatic carbocycles. The minimum atomic E-state index is 0.226. The van der Waals surface area contributed by atoms with Gasteiger partial charge in [-0.15, -0.1) is 0 Å². The number of nitrogens with zero attached hydrogens (tertiary/aromatic N) is 1. The summed E-state index contributed by atoms with van der Waals surface area (Å²) in [6.45, 7) is 8.71. The van der Waals surface area contributed by atoms with Crippen molar-refractivity contribution in [2.75, 3.05) is 13.7 Å². The van der Waals surface area contributed by atoms with Gasteiger partial charge in [-0.3, -0.25) is 4.98 Å². The molecule has 0 fully saturated rings. The Labute approximate surface area is 151 Å². The van der Waals surface area contributed by atoms with Crippen LogP contribution in [0.3, 0.4) is 0 Å². The van der Waals surface area contributed by atoms with Crippen molar-refractivity contribution in [3.05, 3.63) is 58.4 Å². The average Bonchev–Trinajstić information content (AvgIpc) is 2.60. The van der Waals surface area contributed by atoms with Gasteiger partial charge in [0.05, 0.1) is 6.20 Å². The number of likely N-dealkylation sites (N-methyl/N-ethyl adjacent to an activating group) is 1. The number of nitrogens with one attached hydrogen (secondary N) is 1. The van der Waals surface area contributed by atoms with E-state index in [1.54, 1.807) is 6.20 Å². The van der Waals surface area contributed by atoms with Gasteiger partial charge >= 0.3 is 0 Å². The Morgan fingerprint density at radius 1 is 1.21 bits per heavy atom.